The van der Waals surface area contributed by atoms with Crippen LogP contribution in [-0.4, -0.2) is 57.6 Å². The molecule has 0 spiro atoms. The first kappa shape index (κ1) is 12.9. The van der Waals surface area contributed by atoms with Gasteiger partial charge < -0.3 is 25.2 Å². The zero-order valence-electron chi connectivity index (χ0n) is 9.29. The fraction of sp³-hybridized carbons (Fsp3) is 1.00. The minimum Gasteiger partial charge on any atom is -0.394 e. The average Bonchev–Trinajstić information content (AvgIpc) is 2.13. The van der Waals surface area contributed by atoms with Crippen molar-refractivity contribution in [1.29, 1.82) is 0 Å². The first-order valence-electron chi connectivity index (χ1n) is 5.09. The molecule has 5 atom stereocenters. The largest absolute Gasteiger partial charge is 0.394 e. The van der Waals surface area contributed by atoms with Crippen molar-refractivity contribution >= 4 is 0 Å². The molecular formula is C10H20O5. The van der Waals surface area contributed by atoms with Crippen LogP contribution in [0.4, 0.5) is 0 Å². The monoisotopic (exact) mass is 220 g/mol. The van der Waals surface area contributed by atoms with Gasteiger partial charge in [0.05, 0.1) is 12.7 Å². The predicted molar refractivity (Wildman–Crippen MR) is 53.2 cm³/mol. The molecule has 1 fully saturated rings. The predicted octanol–water partition coefficient (Wildman–Crippen LogP) is -1.13. The summed E-state index contributed by atoms with van der Waals surface area (Å²) in [6.07, 6.45) is -5.10. The van der Waals surface area contributed by atoms with Crippen LogP contribution in [0.25, 0.3) is 0 Å². The van der Waals surface area contributed by atoms with Gasteiger partial charge in [-0.05, 0) is 5.41 Å². The van der Waals surface area contributed by atoms with Crippen LogP contribution in [0.1, 0.15) is 20.8 Å². The molecule has 0 aromatic rings. The Morgan fingerprint density at radius 1 is 1.00 bits per heavy atom. The zero-order chi connectivity index (χ0) is 11.8. The number of ether oxygens (including phenoxy) is 1. The minimum absolute atomic E-state index is 0.367. The third-order valence-electron chi connectivity index (χ3n) is 2.75. The molecule has 0 aromatic carbocycles. The van der Waals surface area contributed by atoms with Crippen molar-refractivity contribution in [1.82, 2.24) is 0 Å². The number of rotatable bonds is 1. The van der Waals surface area contributed by atoms with Gasteiger partial charge in [0.2, 0.25) is 0 Å². The molecular weight excluding hydrogens is 200 g/mol. The average molecular weight is 220 g/mol. The SMILES string of the molecule is CC(C)(C)C1O[C@H](CO)[C@H](O)[C@H](O)[C@H]1O. The Hall–Kier alpha value is -0.200. The molecule has 0 bridgehead atoms. The van der Waals surface area contributed by atoms with E-state index in [1.165, 1.54) is 0 Å². The van der Waals surface area contributed by atoms with Crippen LogP contribution in [0.15, 0.2) is 0 Å². The Morgan fingerprint density at radius 3 is 1.93 bits per heavy atom. The van der Waals surface area contributed by atoms with Gasteiger partial charge in [0, 0.05) is 0 Å². The quantitative estimate of drug-likeness (QED) is 0.449. The van der Waals surface area contributed by atoms with Gasteiger partial charge in [0.25, 0.3) is 0 Å². The molecule has 1 aliphatic heterocycles. The van der Waals surface area contributed by atoms with Gasteiger partial charge in [-0.25, -0.2) is 0 Å². The highest BCUT2D eigenvalue weighted by Crippen LogP contribution is 2.32. The van der Waals surface area contributed by atoms with E-state index in [9.17, 15) is 15.3 Å². The molecule has 1 saturated heterocycles. The van der Waals surface area contributed by atoms with Crippen LogP contribution in [0.5, 0.6) is 0 Å². The summed E-state index contributed by atoms with van der Waals surface area (Å²) in [4.78, 5) is 0. The Labute approximate surface area is 89.3 Å². The van der Waals surface area contributed by atoms with Crippen molar-refractivity contribution in [2.75, 3.05) is 6.61 Å². The van der Waals surface area contributed by atoms with E-state index in [4.69, 9.17) is 9.84 Å². The highest BCUT2D eigenvalue weighted by Gasteiger charge is 2.47. The van der Waals surface area contributed by atoms with Gasteiger partial charge in [-0.3, -0.25) is 0 Å². The van der Waals surface area contributed by atoms with Crippen molar-refractivity contribution in [3.63, 3.8) is 0 Å². The Balaban J connectivity index is 2.83. The van der Waals surface area contributed by atoms with Crippen LogP contribution < -0.4 is 0 Å². The van der Waals surface area contributed by atoms with E-state index in [1.807, 2.05) is 20.8 Å². The Bertz CT molecular complexity index is 210. The first-order valence-corrected chi connectivity index (χ1v) is 5.09. The lowest BCUT2D eigenvalue weighted by atomic mass is 9.80. The van der Waals surface area contributed by atoms with Crippen LogP contribution in [0.3, 0.4) is 0 Å². The van der Waals surface area contributed by atoms with Crippen molar-refractivity contribution < 1.29 is 25.2 Å². The smallest absolute Gasteiger partial charge is 0.111 e. The van der Waals surface area contributed by atoms with E-state index in [0.29, 0.717) is 0 Å². The van der Waals surface area contributed by atoms with E-state index in [0.717, 1.165) is 0 Å². The minimum atomic E-state index is -1.28. The number of hydrogen-bond donors (Lipinski definition) is 4. The molecule has 15 heavy (non-hydrogen) atoms. The fourth-order valence-corrected chi connectivity index (χ4v) is 1.82. The molecule has 0 aromatic heterocycles. The summed E-state index contributed by atoms with van der Waals surface area (Å²) in [5.74, 6) is 0. The van der Waals surface area contributed by atoms with Gasteiger partial charge >= 0.3 is 0 Å². The maximum Gasteiger partial charge on any atom is 0.111 e. The molecule has 4 N–H and O–H groups in total. The molecule has 1 aliphatic rings. The highest BCUT2D eigenvalue weighted by atomic mass is 16.5. The van der Waals surface area contributed by atoms with Crippen molar-refractivity contribution in [3.8, 4) is 0 Å². The van der Waals surface area contributed by atoms with Gasteiger partial charge in [0.15, 0.2) is 0 Å². The van der Waals surface area contributed by atoms with Gasteiger partial charge in [-0.2, -0.15) is 0 Å². The number of aliphatic hydroxyl groups is 4. The number of hydrogen-bond acceptors (Lipinski definition) is 5. The van der Waals surface area contributed by atoms with E-state index in [2.05, 4.69) is 0 Å². The van der Waals surface area contributed by atoms with Crippen molar-refractivity contribution in [3.05, 3.63) is 0 Å². The molecule has 0 amide bonds. The summed E-state index contributed by atoms with van der Waals surface area (Å²) in [7, 11) is 0. The summed E-state index contributed by atoms with van der Waals surface area (Å²) in [6.45, 7) is 5.21. The summed E-state index contributed by atoms with van der Waals surface area (Å²) in [5.41, 5.74) is -0.367. The van der Waals surface area contributed by atoms with Gasteiger partial charge in [0.1, 0.15) is 24.4 Å². The molecule has 5 heteroatoms. The van der Waals surface area contributed by atoms with Crippen molar-refractivity contribution in [2.24, 2.45) is 5.41 Å². The van der Waals surface area contributed by atoms with Crippen LogP contribution >= 0.6 is 0 Å². The summed E-state index contributed by atoms with van der Waals surface area (Å²) in [6, 6.07) is 0. The lowest BCUT2D eigenvalue weighted by molar-refractivity contribution is -0.250. The normalized spacial score (nSPS) is 43.0. The molecule has 0 saturated carbocycles. The van der Waals surface area contributed by atoms with Crippen LogP contribution in [0, 0.1) is 5.41 Å². The van der Waals surface area contributed by atoms with E-state index >= 15 is 0 Å². The molecule has 90 valence electrons. The maximum atomic E-state index is 9.74. The maximum absolute atomic E-state index is 9.74. The molecule has 5 nitrogen and oxygen atoms in total. The third-order valence-corrected chi connectivity index (χ3v) is 2.75. The summed E-state index contributed by atoms with van der Waals surface area (Å²) in [5, 5.41) is 37.8. The highest BCUT2D eigenvalue weighted by molar-refractivity contribution is 4.96. The fourth-order valence-electron chi connectivity index (χ4n) is 1.82. The molecule has 0 radical (unpaired) electrons. The summed E-state index contributed by atoms with van der Waals surface area (Å²) < 4.78 is 5.38. The number of aliphatic hydroxyl groups excluding tert-OH is 4. The van der Waals surface area contributed by atoms with E-state index in [1.54, 1.807) is 0 Å². The van der Waals surface area contributed by atoms with E-state index < -0.39 is 30.5 Å². The molecule has 1 rings (SSSR count). The standard InChI is InChI=1S/C10H20O5/c1-10(2,3)9-8(14)7(13)6(12)5(4-11)15-9/h5-9,11-14H,4H2,1-3H3/t5-,6+,7+,8-,9?/m1/s1. The lowest BCUT2D eigenvalue weighted by Gasteiger charge is -2.45. The van der Waals surface area contributed by atoms with Crippen LogP contribution in [-0.2, 0) is 4.74 Å². The lowest BCUT2D eigenvalue weighted by Crippen LogP contribution is -2.61. The third kappa shape index (κ3) is 2.49. The molecule has 1 unspecified atom stereocenters. The van der Waals surface area contributed by atoms with Gasteiger partial charge in [-0.1, -0.05) is 20.8 Å². The van der Waals surface area contributed by atoms with Gasteiger partial charge in [-0.15, -0.1) is 0 Å². The first-order chi connectivity index (χ1) is 6.79. The topological polar surface area (TPSA) is 90.2 Å². The second kappa shape index (κ2) is 4.35. The molecule has 0 aliphatic carbocycles. The molecule has 1 heterocycles. The second-order valence-corrected chi connectivity index (χ2v) is 5.12. The zero-order valence-corrected chi connectivity index (χ0v) is 9.29. The van der Waals surface area contributed by atoms with Crippen LogP contribution in [0.2, 0.25) is 0 Å². The van der Waals surface area contributed by atoms with Crippen molar-refractivity contribution in [2.45, 2.75) is 51.3 Å². The summed E-state index contributed by atoms with van der Waals surface area (Å²) >= 11 is 0. The van der Waals surface area contributed by atoms with E-state index in [-0.39, 0.29) is 12.0 Å². The Kier molecular flexibility index (Phi) is 3.73. The second-order valence-electron chi connectivity index (χ2n) is 5.12. The Morgan fingerprint density at radius 2 is 1.53 bits per heavy atom.